The van der Waals surface area contributed by atoms with Crippen molar-refractivity contribution in [3.05, 3.63) is 46.2 Å². The Labute approximate surface area is 146 Å². The van der Waals surface area contributed by atoms with Crippen molar-refractivity contribution in [1.29, 1.82) is 0 Å². The maximum absolute atomic E-state index is 12.9. The Morgan fingerprint density at radius 2 is 1.88 bits per heavy atom. The maximum atomic E-state index is 12.9. The number of nitrogens with zero attached hydrogens (tertiary/aromatic N) is 4. The van der Waals surface area contributed by atoms with Crippen LogP contribution in [0.1, 0.15) is 11.3 Å². The molecule has 122 valence electrons. The lowest BCUT2D eigenvalue weighted by atomic mass is 9.94. The van der Waals surface area contributed by atoms with Crippen molar-refractivity contribution in [3.63, 3.8) is 0 Å². The summed E-state index contributed by atoms with van der Waals surface area (Å²) in [5.41, 5.74) is 2.57. The summed E-state index contributed by atoms with van der Waals surface area (Å²) in [5.74, 6) is -1.46. The van der Waals surface area contributed by atoms with E-state index < -0.39 is 17.9 Å². The Hall–Kier alpha value is -2.48. The molecule has 2 aliphatic heterocycles. The fourth-order valence-corrected chi connectivity index (χ4v) is 3.26. The summed E-state index contributed by atoms with van der Waals surface area (Å²) in [6.45, 7) is 1.88. The van der Waals surface area contributed by atoms with Gasteiger partial charge >= 0.3 is 0 Å². The molecule has 0 radical (unpaired) electrons. The van der Waals surface area contributed by atoms with Gasteiger partial charge in [-0.05, 0) is 31.2 Å². The highest BCUT2D eigenvalue weighted by atomic mass is 79.9. The van der Waals surface area contributed by atoms with Crippen LogP contribution in [0.4, 0.5) is 5.69 Å². The van der Waals surface area contributed by atoms with Crippen molar-refractivity contribution in [2.75, 3.05) is 4.90 Å². The van der Waals surface area contributed by atoms with E-state index in [9.17, 15) is 9.59 Å². The molecule has 8 heteroatoms. The van der Waals surface area contributed by atoms with Crippen LogP contribution >= 0.6 is 15.9 Å². The van der Waals surface area contributed by atoms with E-state index in [-0.39, 0.29) is 5.91 Å². The number of benzene rings is 1. The molecule has 3 heterocycles. The van der Waals surface area contributed by atoms with Gasteiger partial charge in [0.2, 0.25) is 12.0 Å². The average Bonchev–Trinajstić information content (AvgIpc) is 3.20. The van der Waals surface area contributed by atoms with E-state index in [1.54, 1.807) is 35.1 Å². The quantitative estimate of drug-likeness (QED) is 0.734. The van der Waals surface area contributed by atoms with E-state index in [0.717, 1.165) is 15.7 Å². The number of aromatic nitrogens is 2. The van der Waals surface area contributed by atoms with Crippen LogP contribution in [0.25, 0.3) is 0 Å². The summed E-state index contributed by atoms with van der Waals surface area (Å²) >= 11 is 3.34. The van der Waals surface area contributed by atoms with E-state index in [1.807, 2.05) is 14.0 Å². The summed E-state index contributed by atoms with van der Waals surface area (Å²) in [4.78, 5) is 32.0. The first-order valence-corrected chi connectivity index (χ1v) is 8.14. The van der Waals surface area contributed by atoms with Gasteiger partial charge in [-0.1, -0.05) is 21.1 Å². The molecule has 0 bridgehead atoms. The summed E-state index contributed by atoms with van der Waals surface area (Å²) in [6.07, 6.45) is 0.732. The van der Waals surface area contributed by atoms with E-state index in [0.29, 0.717) is 11.4 Å². The molecular formula is C16H13BrN4O3. The van der Waals surface area contributed by atoms with Crippen LogP contribution in [-0.2, 0) is 21.5 Å². The second kappa shape index (κ2) is 5.27. The molecule has 0 N–H and O–H groups in total. The third-order valence-electron chi connectivity index (χ3n) is 4.41. The van der Waals surface area contributed by atoms with Crippen molar-refractivity contribution in [1.82, 2.24) is 9.78 Å². The standard InChI is InChI=1S/C16H13BrN4O3/c1-8-11(7-18-20(8)2)13-12-14(24-19-13)16(23)21(15(12)22)10-5-3-9(17)4-6-10/h3-7,12,14H,1-2H3/t12-,14-/m1/s1. The number of fused-ring (bicyclic) bond motifs is 1. The minimum atomic E-state index is -0.907. The predicted octanol–water partition coefficient (Wildman–Crippen LogP) is 1.78. The molecule has 1 aromatic carbocycles. The predicted molar refractivity (Wildman–Crippen MR) is 89.5 cm³/mol. The molecule has 7 nitrogen and oxygen atoms in total. The minimum Gasteiger partial charge on any atom is -0.381 e. The monoisotopic (exact) mass is 388 g/mol. The number of imide groups is 1. The molecule has 0 spiro atoms. The van der Waals surface area contributed by atoms with Crippen LogP contribution < -0.4 is 4.90 Å². The number of amides is 2. The van der Waals surface area contributed by atoms with Crippen molar-refractivity contribution in [3.8, 4) is 0 Å². The summed E-state index contributed by atoms with van der Waals surface area (Å²) in [7, 11) is 1.81. The fraction of sp³-hybridized carbons (Fsp3) is 0.250. The molecule has 2 aromatic rings. The van der Waals surface area contributed by atoms with Crippen LogP contribution in [0.2, 0.25) is 0 Å². The zero-order valence-electron chi connectivity index (χ0n) is 12.9. The van der Waals surface area contributed by atoms with Gasteiger partial charge in [0.25, 0.3) is 5.91 Å². The Morgan fingerprint density at radius 3 is 2.50 bits per heavy atom. The molecule has 0 aliphatic carbocycles. The fourth-order valence-electron chi connectivity index (χ4n) is 3.00. The Morgan fingerprint density at radius 1 is 1.17 bits per heavy atom. The third-order valence-corrected chi connectivity index (χ3v) is 4.94. The number of anilines is 1. The molecule has 0 saturated carbocycles. The minimum absolute atomic E-state index is 0.327. The first-order valence-electron chi connectivity index (χ1n) is 7.35. The van der Waals surface area contributed by atoms with Crippen LogP contribution in [-0.4, -0.2) is 33.4 Å². The van der Waals surface area contributed by atoms with Crippen LogP contribution in [0.5, 0.6) is 0 Å². The number of oxime groups is 1. The molecule has 1 fully saturated rings. The second-order valence-corrected chi connectivity index (χ2v) is 6.65. The molecule has 4 rings (SSSR count). The van der Waals surface area contributed by atoms with E-state index in [4.69, 9.17) is 4.84 Å². The number of aryl methyl sites for hydroxylation is 1. The molecule has 2 amide bonds. The highest BCUT2D eigenvalue weighted by Crippen LogP contribution is 2.35. The van der Waals surface area contributed by atoms with Crippen LogP contribution in [0.15, 0.2) is 40.1 Å². The summed E-state index contributed by atoms with van der Waals surface area (Å²) in [5, 5.41) is 8.17. The molecule has 1 saturated heterocycles. The largest absolute Gasteiger partial charge is 0.381 e. The zero-order chi connectivity index (χ0) is 17.0. The molecule has 2 aliphatic rings. The number of carbonyl (C=O) groups is 2. The van der Waals surface area contributed by atoms with E-state index in [1.165, 1.54) is 4.90 Å². The van der Waals surface area contributed by atoms with Gasteiger partial charge in [0.1, 0.15) is 11.6 Å². The van der Waals surface area contributed by atoms with E-state index >= 15 is 0 Å². The molecular weight excluding hydrogens is 376 g/mol. The number of carbonyl (C=O) groups excluding carboxylic acids is 2. The maximum Gasteiger partial charge on any atom is 0.278 e. The lowest BCUT2D eigenvalue weighted by Gasteiger charge is -2.15. The Kier molecular flexibility index (Phi) is 3.31. The molecule has 0 unspecified atom stereocenters. The van der Waals surface area contributed by atoms with E-state index in [2.05, 4.69) is 26.2 Å². The van der Waals surface area contributed by atoms with Crippen molar-refractivity contribution in [2.24, 2.45) is 18.1 Å². The molecule has 2 atom stereocenters. The topological polar surface area (TPSA) is 76.8 Å². The third kappa shape index (κ3) is 2.02. The summed E-state index contributed by atoms with van der Waals surface area (Å²) < 4.78 is 2.56. The van der Waals surface area contributed by atoms with Gasteiger partial charge in [-0.25, -0.2) is 4.90 Å². The van der Waals surface area contributed by atoms with Gasteiger partial charge < -0.3 is 4.84 Å². The SMILES string of the molecule is Cc1c(C2=NO[C@H]3C(=O)N(c4ccc(Br)cc4)C(=O)[C@H]23)cnn1C. The lowest BCUT2D eigenvalue weighted by Crippen LogP contribution is -2.33. The van der Waals surface area contributed by atoms with Gasteiger partial charge in [-0.3, -0.25) is 14.3 Å². The molecule has 1 aromatic heterocycles. The molecule has 24 heavy (non-hydrogen) atoms. The van der Waals surface area contributed by atoms with Crippen molar-refractivity contribution in [2.45, 2.75) is 13.0 Å². The number of rotatable bonds is 2. The van der Waals surface area contributed by atoms with Gasteiger partial charge in [0, 0.05) is 22.8 Å². The number of hydrogen-bond acceptors (Lipinski definition) is 5. The Balaban J connectivity index is 1.72. The summed E-state index contributed by atoms with van der Waals surface area (Å²) in [6, 6.07) is 7.00. The lowest BCUT2D eigenvalue weighted by molar-refractivity contribution is -0.126. The smallest absolute Gasteiger partial charge is 0.278 e. The highest BCUT2D eigenvalue weighted by Gasteiger charge is 2.56. The average molecular weight is 389 g/mol. The van der Waals surface area contributed by atoms with Crippen molar-refractivity contribution >= 4 is 39.1 Å². The normalized spacial score (nSPS) is 22.6. The van der Waals surface area contributed by atoms with Gasteiger partial charge in [0.05, 0.1) is 11.9 Å². The second-order valence-electron chi connectivity index (χ2n) is 5.74. The van der Waals surface area contributed by atoms with Gasteiger partial charge in [-0.15, -0.1) is 0 Å². The number of halogens is 1. The van der Waals surface area contributed by atoms with Gasteiger partial charge in [0.15, 0.2) is 0 Å². The van der Waals surface area contributed by atoms with Gasteiger partial charge in [-0.2, -0.15) is 5.10 Å². The zero-order valence-corrected chi connectivity index (χ0v) is 14.5. The van der Waals surface area contributed by atoms with Crippen molar-refractivity contribution < 1.29 is 14.4 Å². The first kappa shape index (κ1) is 15.1. The number of hydrogen-bond donors (Lipinski definition) is 0. The Bertz CT molecular complexity index is 887. The first-order chi connectivity index (χ1) is 11.5. The van der Waals surface area contributed by atoms with Crippen LogP contribution in [0.3, 0.4) is 0 Å². The highest BCUT2D eigenvalue weighted by molar-refractivity contribution is 9.10. The van der Waals surface area contributed by atoms with Crippen LogP contribution in [0, 0.1) is 12.8 Å².